The van der Waals surface area contributed by atoms with Gasteiger partial charge in [0.1, 0.15) is 0 Å². The van der Waals surface area contributed by atoms with Gasteiger partial charge in [0.2, 0.25) is 0 Å². The van der Waals surface area contributed by atoms with Gasteiger partial charge < -0.3 is 4.90 Å². The molecule has 0 spiro atoms. The van der Waals surface area contributed by atoms with Crippen molar-refractivity contribution in [2.45, 2.75) is 52.4 Å². The molecule has 0 aliphatic heterocycles. The van der Waals surface area contributed by atoms with E-state index >= 15 is 0 Å². The summed E-state index contributed by atoms with van der Waals surface area (Å²) in [5.74, 6) is 0. The van der Waals surface area contributed by atoms with Gasteiger partial charge in [-0.3, -0.25) is 0 Å². The Hall–Kier alpha value is -0.980. The molecule has 1 heteroatoms. The van der Waals surface area contributed by atoms with Crippen LogP contribution in [0.1, 0.15) is 52.7 Å². The van der Waals surface area contributed by atoms with Gasteiger partial charge in [-0.1, -0.05) is 47.6 Å². The molecule has 17 heavy (non-hydrogen) atoms. The summed E-state index contributed by atoms with van der Waals surface area (Å²) in [7, 11) is 4.19. The van der Waals surface area contributed by atoms with E-state index in [1.54, 1.807) is 0 Å². The standard InChI is InChI=1S/C16H27N/c1-15(2,3)13-10-9-12(17(7)8)11-14(13)16(4,5)6/h9-11H,1-8H3. The van der Waals surface area contributed by atoms with Crippen LogP contribution in [-0.4, -0.2) is 14.1 Å². The van der Waals surface area contributed by atoms with Gasteiger partial charge in [-0.25, -0.2) is 0 Å². The number of nitrogens with zero attached hydrogens (tertiary/aromatic N) is 1. The van der Waals surface area contributed by atoms with Gasteiger partial charge in [0.15, 0.2) is 0 Å². The van der Waals surface area contributed by atoms with Crippen LogP contribution in [0.2, 0.25) is 0 Å². The van der Waals surface area contributed by atoms with Crippen molar-refractivity contribution in [3.63, 3.8) is 0 Å². The van der Waals surface area contributed by atoms with Crippen LogP contribution in [0.25, 0.3) is 0 Å². The van der Waals surface area contributed by atoms with Crippen LogP contribution in [0.15, 0.2) is 18.2 Å². The number of hydrogen-bond acceptors (Lipinski definition) is 1. The first-order valence-electron chi connectivity index (χ1n) is 6.36. The van der Waals surface area contributed by atoms with Gasteiger partial charge in [0.25, 0.3) is 0 Å². The summed E-state index contributed by atoms with van der Waals surface area (Å²) >= 11 is 0. The average molecular weight is 233 g/mol. The molecule has 96 valence electrons. The maximum Gasteiger partial charge on any atom is 0.0364 e. The van der Waals surface area contributed by atoms with Crippen molar-refractivity contribution >= 4 is 5.69 Å². The highest BCUT2D eigenvalue weighted by Crippen LogP contribution is 2.35. The van der Waals surface area contributed by atoms with Crippen LogP contribution >= 0.6 is 0 Å². The van der Waals surface area contributed by atoms with Crippen LogP contribution in [-0.2, 0) is 10.8 Å². The van der Waals surface area contributed by atoms with Gasteiger partial charge in [-0.15, -0.1) is 0 Å². The van der Waals surface area contributed by atoms with Crippen molar-refractivity contribution in [3.8, 4) is 0 Å². The van der Waals surface area contributed by atoms with E-state index in [1.807, 2.05) is 0 Å². The number of hydrogen-bond donors (Lipinski definition) is 0. The van der Waals surface area contributed by atoms with E-state index < -0.39 is 0 Å². The van der Waals surface area contributed by atoms with Gasteiger partial charge in [-0.2, -0.15) is 0 Å². The molecule has 0 amide bonds. The summed E-state index contributed by atoms with van der Waals surface area (Å²) < 4.78 is 0. The molecule has 0 bridgehead atoms. The van der Waals surface area contributed by atoms with Crippen molar-refractivity contribution in [2.75, 3.05) is 19.0 Å². The maximum atomic E-state index is 2.33. The van der Waals surface area contributed by atoms with Crippen LogP contribution < -0.4 is 4.90 Å². The number of anilines is 1. The van der Waals surface area contributed by atoms with Crippen LogP contribution in [0.3, 0.4) is 0 Å². The topological polar surface area (TPSA) is 3.24 Å². The summed E-state index contributed by atoms with van der Waals surface area (Å²) in [5.41, 5.74) is 4.58. The Morgan fingerprint density at radius 3 is 1.59 bits per heavy atom. The molecule has 0 N–H and O–H groups in total. The van der Waals surface area contributed by atoms with Crippen molar-refractivity contribution in [2.24, 2.45) is 0 Å². The van der Waals surface area contributed by atoms with Gasteiger partial charge in [0.05, 0.1) is 0 Å². The largest absolute Gasteiger partial charge is 0.378 e. The first-order chi connectivity index (χ1) is 7.53. The van der Waals surface area contributed by atoms with Gasteiger partial charge in [-0.05, 0) is 34.1 Å². The highest BCUT2D eigenvalue weighted by Gasteiger charge is 2.25. The normalized spacial score (nSPS) is 12.7. The second-order valence-electron chi connectivity index (χ2n) is 7.12. The first-order valence-corrected chi connectivity index (χ1v) is 6.36. The van der Waals surface area contributed by atoms with E-state index in [-0.39, 0.29) is 10.8 Å². The molecule has 0 radical (unpaired) electrons. The molecule has 0 saturated heterocycles. The quantitative estimate of drug-likeness (QED) is 0.697. The lowest BCUT2D eigenvalue weighted by Crippen LogP contribution is -2.23. The van der Waals surface area contributed by atoms with E-state index in [4.69, 9.17) is 0 Å². The third-order valence-electron chi connectivity index (χ3n) is 3.14. The van der Waals surface area contributed by atoms with Crippen LogP contribution in [0, 0.1) is 0 Å². The Morgan fingerprint density at radius 2 is 1.24 bits per heavy atom. The molecular weight excluding hydrogens is 206 g/mol. The van der Waals surface area contributed by atoms with E-state index in [0.29, 0.717) is 0 Å². The molecule has 0 aromatic heterocycles. The minimum atomic E-state index is 0.189. The summed E-state index contributed by atoms with van der Waals surface area (Å²) in [4.78, 5) is 2.17. The number of rotatable bonds is 1. The minimum absolute atomic E-state index is 0.189. The fraction of sp³-hybridized carbons (Fsp3) is 0.625. The van der Waals surface area contributed by atoms with Crippen molar-refractivity contribution < 1.29 is 0 Å². The fourth-order valence-electron chi connectivity index (χ4n) is 2.08. The molecule has 0 heterocycles. The third-order valence-corrected chi connectivity index (χ3v) is 3.14. The Morgan fingerprint density at radius 1 is 0.765 bits per heavy atom. The smallest absolute Gasteiger partial charge is 0.0364 e. The second-order valence-corrected chi connectivity index (χ2v) is 7.12. The minimum Gasteiger partial charge on any atom is -0.378 e. The van der Waals surface area contributed by atoms with Gasteiger partial charge >= 0.3 is 0 Å². The van der Waals surface area contributed by atoms with Crippen molar-refractivity contribution in [1.29, 1.82) is 0 Å². The SMILES string of the molecule is CN(C)c1ccc(C(C)(C)C)c(C(C)(C)C)c1. The molecule has 0 atom stereocenters. The predicted molar refractivity (Wildman–Crippen MR) is 78.2 cm³/mol. The summed E-state index contributed by atoms with van der Waals surface area (Å²) in [6.45, 7) is 13.7. The lowest BCUT2D eigenvalue weighted by atomic mass is 9.75. The highest BCUT2D eigenvalue weighted by atomic mass is 15.1. The molecule has 1 rings (SSSR count). The van der Waals surface area contributed by atoms with Gasteiger partial charge in [0, 0.05) is 19.8 Å². The second kappa shape index (κ2) is 4.36. The molecule has 1 aromatic carbocycles. The Balaban J connectivity index is 3.43. The molecule has 0 aliphatic rings. The molecule has 1 aromatic rings. The van der Waals surface area contributed by atoms with Crippen LogP contribution in [0.5, 0.6) is 0 Å². The monoisotopic (exact) mass is 233 g/mol. The van der Waals surface area contributed by atoms with Crippen molar-refractivity contribution in [3.05, 3.63) is 29.3 Å². The average Bonchev–Trinajstić information content (AvgIpc) is 2.14. The van der Waals surface area contributed by atoms with E-state index in [2.05, 4.69) is 78.7 Å². The molecular formula is C16H27N. The molecule has 0 unspecified atom stereocenters. The zero-order chi connectivity index (χ0) is 13.4. The number of benzene rings is 1. The molecule has 0 fully saturated rings. The molecule has 0 saturated carbocycles. The summed E-state index contributed by atoms with van der Waals surface area (Å²) in [5, 5.41) is 0. The summed E-state index contributed by atoms with van der Waals surface area (Å²) in [6, 6.07) is 6.84. The maximum absolute atomic E-state index is 2.33. The lowest BCUT2D eigenvalue weighted by molar-refractivity contribution is 0.530. The Bertz CT molecular complexity index is 389. The fourth-order valence-corrected chi connectivity index (χ4v) is 2.08. The highest BCUT2D eigenvalue weighted by molar-refractivity contribution is 5.53. The van der Waals surface area contributed by atoms with Crippen LogP contribution in [0.4, 0.5) is 5.69 Å². The molecule has 0 aliphatic carbocycles. The van der Waals surface area contributed by atoms with E-state index in [1.165, 1.54) is 16.8 Å². The molecule has 1 nitrogen and oxygen atoms in total. The predicted octanol–water partition coefficient (Wildman–Crippen LogP) is 4.35. The zero-order valence-corrected chi connectivity index (χ0v) is 12.7. The summed E-state index contributed by atoms with van der Waals surface area (Å²) in [6.07, 6.45) is 0. The lowest BCUT2D eigenvalue weighted by Gasteiger charge is -2.31. The van der Waals surface area contributed by atoms with Crippen molar-refractivity contribution in [1.82, 2.24) is 0 Å². The third kappa shape index (κ3) is 3.24. The van der Waals surface area contributed by atoms with E-state index in [9.17, 15) is 0 Å². The Labute approximate surface area is 107 Å². The van der Waals surface area contributed by atoms with E-state index in [0.717, 1.165) is 0 Å². The Kier molecular flexibility index (Phi) is 3.61. The zero-order valence-electron chi connectivity index (χ0n) is 12.7. The first kappa shape index (κ1) is 14.1.